The van der Waals surface area contributed by atoms with Gasteiger partial charge in [0.05, 0.1) is 48.9 Å². The van der Waals surface area contributed by atoms with Crippen molar-refractivity contribution < 1.29 is 23.9 Å². The van der Waals surface area contributed by atoms with Gasteiger partial charge >= 0.3 is 0 Å². The van der Waals surface area contributed by atoms with E-state index in [4.69, 9.17) is 19.4 Å². The second-order valence-corrected chi connectivity index (χ2v) is 15.0. The lowest BCUT2D eigenvalue weighted by Crippen LogP contribution is -2.50. The first-order valence-corrected chi connectivity index (χ1v) is 19.4. The van der Waals surface area contributed by atoms with Gasteiger partial charge in [0.25, 0.3) is 0 Å². The van der Waals surface area contributed by atoms with E-state index in [1.807, 2.05) is 61.3 Å². The van der Waals surface area contributed by atoms with Crippen LogP contribution in [0.3, 0.4) is 0 Å². The number of benzene rings is 3. The topological polar surface area (TPSA) is 156 Å². The number of imide groups is 1. The van der Waals surface area contributed by atoms with Crippen molar-refractivity contribution in [3.05, 3.63) is 76.2 Å². The van der Waals surface area contributed by atoms with Gasteiger partial charge in [0.2, 0.25) is 17.7 Å². The first-order valence-electron chi connectivity index (χ1n) is 18.6. The molecule has 3 N–H and O–H groups in total. The third-order valence-electron chi connectivity index (χ3n) is 10.3. The summed E-state index contributed by atoms with van der Waals surface area (Å²) in [6.45, 7) is 8.42. The minimum absolute atomic E-state index is 0.0205. The van der Waals surface area contributed by atoms with E-state index in [9.17, 15) is 14.4 Å². The summed E-state index contributed by atoms with van der Waals surface area (Å²) in [7, 11) is 3.47. The van der Waals surface area contributed by atoms with Crippen LogP contribution in [-0.2, 0) is 21.4 Å². The molecular weight excluding hydrogens is 766 g/mol. The lowest BCUT2D eigenvalue weighted by molar-refractivity contribution is -0.134. The van der Waals surface area contributed by atoms with Crippen LogP contribution in [-0.4, -0.2) is 100 Å². The van der Waals surface area contributed by atoms with E-state index < -0.39 is 5.92 Å². The number of fused-ring (bicyclic) bond motifs is 2. The highest BCUT2D eigenvalue weighted by atomic mass is 79.9. The predicted octanol–water partition coefficient (Wildman–Crippen LogP) is 5.31. The fourth-order valence-electron chi connectivity index (χ4n) is 7.29. The monoisotopic (exact) mass is 811 g/mol. The number of nitrogens with zero attached hydrogens (tertiary/aromatic N) is 6. The van der Waals surface area contributed by atoms with Crippen molar-refractivity contribution in [1.29, 1.82) is 0 Å². The molecular formula is C40H46BrN9O5. The van der Waals surface area contributed by atoms with Gasteiger partial charge in [0, 0.05) is 73.2 Å². The molecule has 3 amide bonds. The Kier molecular flexibility index (Phi) is 11.5. The molecule has 15 heteroatoms. The van der Waals surface area contributed by atoms with Crippen molar-refractivity contribution in [1.82, 2.24) is 34.9 Å². The number of amides is 3. The lowest BCUT2D eigenvalue weighted by atomic mass is 9.93. The van der Waals surface area contributed by atoms with Crippen molar-refractivity contribution >= 4 is 67.0 Å². The molecule has 1 unspecified atom stereocenters. The first kappa shape index (κ1) is 38.0. The van der Waals surface area contributed by atoms with Gasteiger partial charge in [-0.2, -0.15) is 5.10 Å². The summed E-state index contributed by atoms with van der Waals surface area (Å²) in [5.74, 6) is 1.68. The predicted molar refractivity (Wildman–Crippen MR) is 214 cm³/mol. The third-order valence-corrected chi connectivity index (χ3v) is 10.8. The number of piperazine rings is 1. The van der Waals surface area contributed by atoms with Gasteiger partial charge in [-0.05, 0) is 68.7 Å². The van der Waals surface area contributed by atoms with Crippen LogP contribution in [0.25, 0.3) is 21.8 Å². The fourth-order valence-corrected chi connectivity index (χ4v) is 7.70. The Bertz CT molecular complexity index is 2240. The van der Waals surface area contributed by atoms with Gasteiger partial charge in [-0.1, -0.05) is 28.1 Å². The van der Waals surface area contributed by atoms with Crippen molar-refractivity contribution in [2.24, 2.45) is 7.05 Å². The Labute approximate surface area is 328 Å². The van der Waals surface area contributed by atoms with Gasteiger partial charge in [-0.15, -0.1) is 0 Å². The minimum atomic E-state index is -0.462. The average Bonchev–Trinajstić information content (AvgIpc) is 3.50. The molecule has 0 bridgehead atoms. The number of carbonyl (C=O) groups excluding carboxylic acids is 3. The molecule has 2 atom stereocenters. The van der Waals surface area contributed by atoms with Gasteiger partial charge in [0.1, 0.15) is 11.6 Å². The van der Waals surface area contributed by atoms with Crippen LogP contribution < -0.4 is 25.4 Å². The molecule has 2 aliphatic rings. The van der Waals surface area contributed by atoms with Crippen molar-refractivity contribution in [3.8, 4) is 11.5 Å². The molecule has 2 saturated heterocycles. The van der Waals surface area contributed by atoms with Crippen LogP contribution in [0.2, 0.25) is 0 Å². The van der Waals surface area contributed by atoms with Crippen LogP contribution in [0.5, 0.6) is 11.5 Å². The summed E-state index contributed by atoms with van der Waals surface area (Å²) >= 11 is 3.56. The number of aromatic nitrogens is 4. The Morgan fingerprint density at radius 2 is 1.85 bits per heavy atom. The van der Waals surface area contributed by atoms with Crippen LogP contribution in [0, 0.1) is 6.92 Å². The summed E-state index contributed by atoms with van der Waals surface area (Å²) in [6.07, 6.45) is 1.56. The Morgan fingerprint density at radius 1 is 1.04 bits per heavy atom. The van der Waals surface area contributed by atoms with Gasteiger partial charge in [-0.3, -0.25) is 29.3 Å². The van der Waals surface area contributed by atoms with E-state index in [0.29, 0.717) is 55.6 Å². The number of carbonyl (C=O) groups is 3. The number of hydrogen-bond acceptors (Lipinski definition) is 11. The van der Waals surface area contributed by atoms with Crippen LogP contribution in [0.4, 0.5) is 11.5 Å². The molecule has 4 heterocycles. The van der Waals surface area contributed by atoms with E-state index >= 15 is 0 Å². The summed E-state index contributed by atoms with van der Waals surface area (Å²) in [5, 5.41) is 15.6. The summed E-state index contributed by atoms with van der Waals surface area (Å²) in [4.78, 5) is 50.9. The van der Waals surface area contributed by atoms with Crippen molar-refractivity contribution in [2.75, 3.05) is 63.6 Å². The molecule has 55 heavy (non-hydrogen) atoms. The zero-order chi connectivity index (χ0) is 38.6. The van der Waals surface area contributed by atoms with Crippen molar-refractivity contribution in [2.45, 2.75) is 45.1 Å². The maximum absolute atomic E-state index is 13.1. The molecule has 5 aromatic rings. The third kappa shape index (κ3) is 8.67. The van der Waals surface area contributed by atoms with Gasteiger partial charge in [-0.25, -0.2) is 9.97 Å². The standard InChI is InChI=1S/C40H46BrN9O5/c1-24(26-7-5-8-27(41)19-26)43-39-31-21-34(54-4)35(22-32(31)44-25(2)45-39)55-18-6-13-49-14-16-50(17-15-49)37(52)23-42-28-9-10-29-33(20-28)48(3)47-38(29)30-11-12-36(51)46-40(30)53/h5,7-10,19-22,24,30,42H,6,11-18,23H2,1-4H3,(H,43,44,45)(H,46,51,53)/t24-,30?/m1/s1. The number of rotatable bonds is 13. The smallest absolute Gasteiger partial charge is 0.241 e. The number of ether oxygens (including phenoxy) is 2. The number of halogens is 1. The molecule has 3 aromatic carbocycles. The molecule has 0 aliphatic carbocycles. The van der Waals surface area contributed by atoms with E-state index in [-0.39, 0.29) is 30.3 Å². The summed E-state index contributed by atoms with van der Waals surface area (Å²) < 4.78 is 14.7. The minimum Gasteiger partial charge on any atom is -0.493 e. The first-order chi connectivity index (χ1) is 26.6. The molecule has 14 nitrogen and oxygen atoms in total. The SMILES string of the molecule is COc1cc2c(N[C@H](C)c3cccc(Br)c3)nc(C)nc2cc1OCCCN1CCN(C(=O)CNc2ccc3c(C4CCC(=O)NC4=O)nn(C)c3c2)CC1. The van der Waals surface area contributed by atoms with E-state index in [1.165, 1.54) is 0 Å². The number of hydrogen-bond donors (Lipinski definition) is 3. The second-order valence-electron chi connectivity index (χ2n) is 14.1. The zero-order valence-electron chi connectivity index (χ0n) is 31.5. The second kappa shape index (κ2) is 16.6. The van der Waals surface area contributed by atoms with E-state index in [1.54, 1.807) is 11.8 Å². The quantitative estimate of drug-likeness (QED) is 0.105. The largest absolute Gasteiger partial charge is 0.493 e. The molecule has 2 aliphatic heterocycles. The molecule has 2 fully saturated rings. The number of nitrogens with one attached hydrogen (secondary N) is 3. The number of methoxy groups -OCH3 is 1. The van der Waals surface area contributed by atoms with Crippen LogP contribution >= 0.6 is 15.9 Å². The maximum Gasteiger partial charge on any atom is 0.241 e. The van der Waals surface area contributed by atoms with Gasteiger partial charge in [0.15, 0.2) is 11.5 Å². The molecule has 0 radical (unpaired) electrons. The van der Waals surface area contributed by atoms with Gasteiger partial charge < -0.3 is 25.0 Å². The highest BCUT2D eigenvalue weighted by Gasteiger charge is 2.31. The highest BCUT2D eigenvalue weighted by molar-refractivity contribution is 9.10. The highest BCUT2D eigenvalue weighted by Crippen LogP contribution is 2.36. The van der Waals surface area contributed by atoms with Crippen LogP contribution in [0.15, 0.2) is 59.1 Å². The summed E-state index contributed by atoms with van der Waals surface area (Å²) in [5.41, 5.74) is 4.22. The number of anilines is 2. The Morgan fingerprint density at radius 3 is 2.62 bits per heavy atom. The summed E-state index contributed by atoms with van der Waals surface area (Å²) in [6, 6.07) is 17.8. The molecule has 288 valence electrons. The van der Waals surface area contributed by atoms with Crippen LogP contribution in [0.1, 0.15) is 55.2 Å². The van der Waals surface area contributed by atoms with E-state index in [2.05, 4.69) is 60.9 Å². The average molecular weight is 813 g/mol. The maximum atomic E-state index is 13.1. The molecule has 2 aromatic heterocycles. The zero-order valence-corrected chi connectivity index (χ0v) is 33.1. The normalized spacial score (nSPS) is 17.0. The number of aryl methyl sites for hydroxylation is 2. The Balaban J connectivity index is 0.877. The molecule has 0 saturated carbocycles. The molecule has 0 spiro atoms. The Hall–Kier alpha value is -5.28. The number of piperidine rings is 1. The van der Waals surface area contributed by atoms with E-state index in [0.717, 1.165) is 69.4 Å². The molecule has 7 rings (SSSR count). The van der Waals surface area contributed by atoms with Crippen molar-refractivity contribution in [3.63, 3.8) is 0 Å². The fraction of sp³-hybridized carbons (Fsp3) is 0.400. The lowest BCUT2D eigenvalue weighted by Gasteiger charge is -2.34.